The molecule has 0 saturated heterocycles. The fourth-order valence-electron chi connectivity index (χ4n) is 1.82. The van der Waals surface area contributed by atoms with Crippen LogP contribution >= 0.6 is 0 Å². The minimum absolute atomic E-state index is 0.491. The van der Waals surface area contributed by atoms with Gasteiger partial charge in [-0.05, 0) is 33.9 Å². The van der Waals surface area contributed by atoms with E-state index in [9.17, 15) is 0 Å². The summed E-state index contributed by atoms with van der Waals surface area (Å²) >= 11 is 0. The van der Waals surface area contributed by atoms with E-state index in [-0.39, 0.29) is 0 Å². The van der Waals surface area contributed by atoms with Crippen LogP contribution in [0.1, 0.15) is 27.2 Å². The van der Waals surface area contributed by atoms with Crippen molar-refractivity contribution < 1.29 is 4.74 Å². The third-order valence-corrected chi connectivity index (χ3v) is 2.41. The zero-order chi connectivity index (χ0) is 11.0. The number of likely N-dealkylation sites (N-methyl/N-ethyl adjacent to an activating group) is 1. The van der Waals surface area contributed by atoms with Gasteiger partial charge in [-0.2, -0.15) is 0 Å². The van der Waals surface area contributed by atoms with Crippen molar-refractivity contribution in [1.29, 1.82) is 0 Å². The first kappa shape index (κ1) is 13.9. The third kappa shape index (κ3) is 4.94. The van der Waals surface area contributed by atoms with Gasteiger partial charge in [-0.1, -0.05) is 6.92 Å². The Hall–Kier alpha value is -0.120. The van der Waals surface area contributed by atoms with E-state index in [2.05, 4.69) is 31.0 Å². The molecule has 3 heteroatoms. The van der Waals surface area contributed by atoms with Gasteiger partial charge in [-0.15, -0.1) is 0 Å². The lowest BCUT2D eigenvalue weighted by molar-refractivity contribution is 0.0705. The average Bonchev–Trinajstić information content (AvgIpc) is 2.13. The van der Waals surface area contributed by atoms with Crippen molar-refractivity contribution in [2.45, 2.75) is 39.3 Å². The molecule has 1 unspecified atom stereocenters. The van der Waals surface area contributed by atoms with Crippen LogP contribution in [-0.2, 0) is 4.74 Å². The Morgan fingerprint density at radius 1 is 1.36 bits per heavy atom. The summed E-state index contributed by atoms with van der Waals surface area (Å²) in [6, 6.07) is 1.08. The highest BCUT2D eigenvalue weighted by Gasteiger charge is 2.19. The molecule has 0 rings (SSSR count). The van der Waals surface area contributed by atoms with E-state index in [0.717, 1.165) is 19.7 Å². The summed E-state index contributed by atoms with van der Waals surface area (Å²) < 4.78 is 5.25. The van der Waals surface area contributed by atoms with E-state index in [0.29, 0.717) is 12.1 Å². The molecule has 0 aromatic heterocycles. The standard InChI is InChI=1S/C11H26N2O/c1-6-7-13(10(2)3)11(8-12-4)9-14-5/h10-12H,6-9H2,1-5H3. The van der Waals surface area contributed by atoms with Crippen molar-refractivity contribution in [3.05, 3.63) is 0 Å². The molecule has 1 atom stereocenters. The van der Waals surface area contributed by atoms with Crippen molar-refractivity contribution >= 4 is 0 Å². The molecule has 0 aromatic carbocycles. The highest BCUT2D eigenvalue weighted by Crippen LogP contribution is 2.06. The number of nitrogens with zero attached hydrogens (tertiary/aromatic N) is 1. The maximum Gasteiger partial charge on any atom is 0.0630 e. The molecule has 1 N–H and O–H groups in total. The van der Waals surface area contributed by atoms with Gasteiger partial charge in [0.2, 0.25) is 0 Å². The Morgan fingerprint density at radius 3 is 2.36 bits per heavy atom. The van der Waals surface area contributed by atoms with Crippen molar-refractivity contribution in [2.75, 3.05) is 33.9 Å². The van der Waals surface area contributed by atoms with E-state index in [1.165, 1.54) is 6.42 Å². The number of hydrogen-bond donors (Lipinski definition) is 1. The topological polar surface area (TPSA) is 24.5 Å². The van der Waals surface area contributed by atoms with Crippen LogP contribution in [0.15, 0.2) is 0 Å². The molecule has 0 aliphatic rings. The molecule has 3 nitrogen and oxygen atoms in total. The predicted octanol–water partition coefficient (Wildman–Crippen LogP) is 1.34. The van der Waals surface area contributed by atoms with Crippen LogP contribution in [0.25, 0.3) is 0 Å². The molecule has 0 saturated carbocycles. The van der Waals surface area contributed by atoms with Gasteiger partial charge in [0.25, 0.3) is 0 Å². The molecule has 0 bridgehead atoms. The normalized spacial score (nSPS) is 13.9. The summed E-state index contributed by atoms with van der Waals surface area (Å²) in [4.78, 5) is 2.50. The highest BCUT2D eigenvalue weighted by molar-refractivity contribution is 4.75. The van der Waals surface area contributed by atoms with Crippen LogP contribution < -0.4 is 5.32 Å². The lowest BCUT2D eigenvalue weighted by Gasteiger charge is -2.34. The molecule has 0 spiro atoms. The smallest absolute Gasteiger partial charge is 0.0630 e. The molecule has 0 aromatic rings. The van der Waals surface area contributed by atoms with Crippen molar-refractivity contribution in [3.8, 4) is 0 Å². The molecule has 0 fully saturated rings. The predicted molar refractivity (Wildman–Crippen MR) is 61.7 cm³/mol. The molecular formula is C11H26N2O. The van der Waals surface area contributed by atoms with E-state index in [1.807, 2.05) is 7.05 Å². The van der Waals surface area contributed by atoms with Crippen LogP contribution in [0.2, 0.25) is 0 Å². The second-order valence-electron chi connectivity index (χ2n) is 4.00. The van der Waals surface area contributed by atoms with Crippen LogP contribution in [0.4, 0.5) is 0 Å². The summed E-state index contributed by atoms with van der Waals surface area (Å²) in [6.07, 6.45) is 1.20. The summed E-state index contributed by atoms with van der Waals surface area (Å²) in [5.74, 6) is 0. The minimum atomic E-state index is 0.491. The number of nitrogens with one attached hydrogen (secondary N) is 1. The lowest BCUT2D eigenvalue weighted by Crippen LogP contribution is -2.48. The Bertz CT molecular complexity index is 122. The molecule has 0 heterocycles. The summed E-state index contributed by atoms with van der Waals surface area (Å²) in [5, 5.41) is 3.22. The summed E-state index contributed by atoms with van der Waals surface area (Å²) in [7, 11) is 3.76. The lowest BCUT2D eigenvalue weighted by atomic mass is 10.2. The van der Waals surface area contributed by atoms with Gasteiger partial charge in [-0.3, -0.25) is 4.90 Å². The molecule has 0 aliphatic carbocycles. The van der Waals surface area contributed by atoms with Crippen LogP contribution in [0.3, 0.4) is 0 Å². The van der Waals surface area contributed by atoms with Gasteiger partial charge >= 0.3 is 0 Å². The zero-order valence-corrected chi connectivity index (χ0v) is 10.3. The Labute approximate surface area is 88.8 Å². The highest BCUT2D eigenvalue weighted by atomic mass is 16.5. The third-order valence-electron chi connectivity index (χ3n) is 2.41. The van der Waals surface area contributed by atoms with E-state index in [1.54, 1.807) is 7.11 Å². The Kier molecular flexibility index (Phi) is 8.14. The van der Waals surface area contributed by atoms with Crippen LogP contribution in [0.5, 0.6) is 0 Å². The summed E-state index contributed by atoms with van der Waals surface area (Å²) in [6.45, 7) is 9.65. The first-order valence-electron chi connectivity index (χ1n) is 5.56. The first-order chi connectivity index (χ1) is 6.67. The average molecular weight is 202 g/mol. The largest absolute Gasteiger partial charge is 0.383 e. The van der Waals surface area contributed by atoms with Crippen molar-refractivity contribution in [1.82, 2.24) is 10.2 Å². The van der Waals surface area contributed by atoms with Gasteiger partial charge in [0.05, 0.1) is 6.61 Å². The molecule has 14 heavy (non-hydrogen) atoms. The molecule has 0 radical (unpaired) electrons. The number of hydrogen-bond acceptors (Lipinski definition) is 3. The zero-order valence-electron chi connectivity index (χ0n) is 10.3. The van der Waals surface area contributed by atoms with Gasteiger partial charge in [0.1, 0.15) is 0 Å². The fourth-order valence-corrected chi connectivity index (χ4v) is 1.82. The van der Waals surface area contributed by atoms with Crippen molar-refractivity contribution in [3.63, 3.8) is 0 Å². The van der Waals surface area contributed by atoms with Gasteiger partial charge < -0.3 is 10.1 Å². The molecule has 0 aliphatic heterocycles. The summed E-state index contributed by atoms with van der Waals surface area (Å²) in [5.41, 5.74) is 0. The van der Waals surface area contributed by atoms with Gasteiger partial charge in [0.15, 0.2) is 0 Å². The van der Waals surface area contributed by atoms with E-state index >= 15 is 0 Å². The number of methoxy groups -OCH3 is 1. The quantitative estimate of drug-likeness (QED) is 0.643. The van der Waals surface area contributed by atoms with Gasteiger partial charge in [-0.25, -0.2) is 0 Å². The SMILES string of the molecule is CCCN(C(C)C)C(CNC)COC. The monoisotopic (exact) mass is 202 g/mol. The molecule has 86 valence electrons. The Balaban J connectivity index is 4.21. The fraction of sp³-hybridized carbons (Fsp3) is 1.00. The van der Waals surface area contributed by atoms with Gasteiger partial charge in [0, 0.05) is 25.7 Å². The van der Waals surface area contributed by atoms with Crippen LogP contribution in [0, 0.1) is 0 Å². The minimum Gasteiger partial charge on any atom is -0.383 e. The second kappa shape index (κ2) is 8.21. The maximum atomic E-state index is 5.25. The van der Waals surface area contributed by atoms with Crippen molar-refractivity contribution in [2.24, 2.45) is 0 Å². The molecular weight excluding hydrogens is 176 g/mol. The maximum absolute atomic E-state index is 5.25. The first-order valence-corrected chi connectivity index (χ1v) is 5.56. The molecule has 0 amide bonds. The Morgan fingerprint density at radius 2 is 2.00 bits per heavy atom. The van der Waals surface area contributed by atoms with E-state index < -0.39 is 0 Å². The van der Waals surface area contributed by atoms with Crippen LogP contribution in [-0.4, -0.2) is 50.8 Å². The number of rotatable bonds is 8. The second-order valence-corrected chi connectivity index (χ2v) is 4.00. The van der Waals surface area contributed by atoms with E-state index in [4.69, 9.17) is 4.74 Å². The number of ether oxygens (including phenoxy) is 1.